The average molecular weight is 516 g/mol. The number of Topliss-reactive ketones (excluding diaryl/α,β-unsaturated/α-hetero) is 1. The molecule has 3 atom stereocenters. The molecule has 0 bridgehead atoms. The van der Waals surface area contributed by atoms with E-state index in [-0.39, 0.29) is 5.91 Å². The predicted octanol–water partition coefficient (Wildman–Crippen LogP) is 5.24. The van der Waals surface area contributed by atoms with Gasteiger partial charge in [-0.3, -0.25) is 9.59 Å². The molecule has 1 aliphatic carbocycles. The van der Waals surface area contributed by atoms with Gasteiger partial charge in [-0.1, -0.05) is 26.0 Å². The van der Waals surface area contributed by atoms with Crippen LogP contribution in [0.15, 0.2) is 12.1 Å². The van der Waals surface area contributed by atoms with Gasteiger partial charge in [-0.25, -0.2) is 0 Å². The quantitative estimate of drug-likeness (QED) is 0.258. The molecule has 1 unspecified atom stereocenters. The van der Waals surface area contributed by atoms with Gasteiger partial charge in [0.05, 0.1) is 11.5 Å². The summed E-state index contributed by atoms with van der Waals surface area (Å²) < 4.78 is 5.96. The van der Waals surface area contributed by atoms with E-state index in [0.717, 1.165) is 48.8 Å². The number of hydrogen-bond donors (Lipinski definition) is 2. The minimum Gasteiger partial charge on any atom is -0.493 e. The molecule has 2 heterocycles. The fraction of sp³-hybridized carbons (Fsp3) is 0.571. The van der Waals surface area contributed by atoms with Crippen molar-refractivity contribution in [2.45, 2.75) is 83.5 Å². The lowest BCUT2D eigenvalue weighted by molar-refractivity contribution is -0.123. The largest absolute Gasteiger partial charge is 0.493 e. The Kier molecular flexibility index (Phi) is 8.05. The lowest BCUT2D eigenvalue weighted by Gasteiger charge is -2.18. The summed E-state index contributed by atoms with van der Waals surface area (Å²) in [5, 5.41) is 11.8. The topological polar surface area (TPSA) is 75.6 Å². The Hall–Kier alpha value is -1.75. The van der Waals surface area contributed by atoms with Gasteiger partial charge in [-0.15, -0.1) is 19.9 Å². The molecule has 2 aromatic rings. The fourth-order valence-electron chi connectivity index (χ4n) is 5.90. The maximum atomic E-state index is 13.3. The normalized spacial score (nSPS) is 20.6. The van der Waals surface area contributed by atoms with Crippen LogP contribution in [-0.4, -0.2) is 47.4 Å². The van der Waals surface area contributed by atoms with Crippen LogP contribution < -0.4 is 10.1 Å². The number of nitrogens with one attached hydrogen (secondary N) is 1. The number of amides is 1. The van der Waals surface area contributed by atoms with Crippen molar-refractivity contribution in [3.63, 3.8) is 0 Å². The molecule has 35 heavy (non-hydrogen) atoms. The molecule has 0 spiro atoms. The standard InChI is InChI=1S/C28H38NO4PS/c1-16-11-19(12-17(2)26(16)33-10-6-9-29-24(32)15-30)7-8-22(31)27-20-13-23-21(14-28(4,5)34-23)25(20)18(3)35-27/h11-12,21,23,30,34H,6-10,13-15H2,1-5H3,(H,29,32)/t21-,23-/m1/s1. The number of ketones is 1. The van der Waals surface area contributed by atoms with E-state index in [0.29, 0.717) is 42.9 Å². The number of benzene rings is 1. The molecule has 7 heteroatoms. The molecule has 190 valence electrons. The Morgan fingerprint density at radius 2 is 1.94 bits per heavy atom. The zero-order valence-electron chi connectivity index (χ0n) is 21.5. The number of aliphatic hydroxyl groups excluding tert-OH is 1. The van der Waals surface area contributed by atoms with Crippen LogP contribution in [0.1, 0.15) is 81.4 Å². The van der Waals surface area contributed by atoms with Crippen molar-refractivity contribution in [3.05, 3.63) is 49.7 Å². The minimum absolute atomic E-state index is 0.294. The van der Waals surface area contributed by atoms with Crippen molar-refractivity contribution in [2.24, 2.45) is 0 Å². The molecule has 1 aromatic carbocycles. The first-order chi connectivity index (χ1) is 16.6. The zero-order chi connectivity index (χ0) is 25.3. The third-order valence-corrected chi connectivity index (χ3v) is 10.4. The first-order valence-corrected chi connectivity index (χ1v) is 14.5. The number of thiophene rings is 1. The first-order valence-electron chi connectivity index (χ1n) is 12.6. The highest BCUT2D eigenvalue weighted by Gasteiger charge is 2.47. The van der Waals surface area contributed by atoms with E-state index in [4.69, 9.17) is 9.84 Å². The molecule has 0 radical (unpaired) electrons. The number of carbonyl (C=O) groups is 2. The molecule has 0 saturated carbocycles. The molecular weight excluding hydrogens is 477 g/mol. The summed E-state index contributed by atoms with van der Waals surface area (Å²) in [5.74, 6) is 1.46. The molecule has 2 N–H and O–H groups in total. The summed E-state index contributed by atoms with van der Waals surface area (Å²) in [6.07, 6.45) is 4.31. The van der Waals surface area contributed by atoms with Gasteiger partial charge in [-0.05, 0) is 91.0 Å². The van der Waals surface area contributed by atoms with E-state index in [1.807, 2.05) is 13.8 Å². The number of hydrogen-bond acceptors (Lipinski definition) is 5. The summed E-state index contributed by atoms with van der Waals surface area (Å²) in [4.78, 5) is 26.8. The van der Waals surface area contributed by atoms with Crippen molar-refractivity contribution < 1.29 is 19.4 Å². The van der Waals surface area contributed by atoms with E-state index in [1.165, 1.54) is 28.0 Å². The smallest absolute Gasteiger partial charge is 0.245 e. The molecule has 2 aliphatic rings. The van der Waals surface area contributed by atoms with Crippen LogP contribution in [0.5, 0.6) is 5.75 Å². The number of aryl methyl sites for hydroxylation is 4. The second-order valence-electron chi connectivity index (χ2n) is 10.7. The van der Waals surface area contributed by atoms with E-state index in [9.17, 15) is 9.59 Å². The summed E-state index contributed by atoms with van der Waals surface area (Å²) in [7, 11) is 0.994. The second kappa shape index (κ2) is 10.7. The third kappa shape index (κ3) is 5.81. The number of fused-ring (bicyclic) bond motifs is 3. The summed E-state index contributed by atoms with van der Waals surface area (Å²) in [6.45, 7) is 11.6. The van der Waals surface area contributed by atoms with Gasteiger partial charge in [0.1, 0.15) is 12.4 Å². The minimum atomic E-state index is -0.489. The number of aliphatic hydroxyl groups is 1. The monoisotopic (exact) mass is 515 g/mol. The molecule has 1 fully saturated rings. The van der Waals surface area contributed by atoms with Crippen LogP contribution in [0.4, 0.5) is 0 Å². The molecule has 4 rings (SSSR count). The van der Waals surface area contributed by atoms with Crippen LogP contribution in [0.2, 0.25) is 0 Å². The highest BCUT2D eigenvalue weighted by atomic mass is 32.1. The maximum absolute atomic E-state index is 13.3. The Balaban J connectivity index is 1.35. The molecule has 1 aliphatic heterocycles. The number of rotatable bonds is 10. The fourth-order valence-corrected chi connectivity index (χ4v) is 9.26. The number of ether oxygens (including phenoxy) is 1. The highest BCUT2D eigenvalue weighted by molar-refractivity contribution is 7.41. The Bertz CT molecular complexity index is 1100. The van der Waals surface area contributed by atoms with Gasteiger partial charge in [0.2, 0.25) is 5.91 Å². The van der Waals surface area contributed by atoms with Crippen molar-refractivity contribution in [3.8, 4) is 5.75 Å². The maximum Gasteiger partial charge on any atom is 0.245 e. The lowest BCUT2D eigenvalue weighted by Crippen LogP contribution is -2.28. The van der Waals surface area contributed by atoms with Crippen molar-refractivity contribution in [2.75, 3.05) is 19.8 Å². The van der Waals surface area contributed by atoms with Crippen LogP contribution in [0, 0.1) is 20.8 Å². The van der Waals surface area contributed by atoms with Crippen molar-refractivity contribution in [1.29, 1.82) is 0 Å². The van der Waals surface area contributed by atoms with Gasteiger partial charge in [0.15, 0.2) is 5.78 Å². The van der Waals surface area contributed by atoms with E-state index in [2.05, 4.69) is 38.2 Å². The summed E-state index contributed by atoms with van der Waals surface area (Å²) >= 11 is 1.73. The van der Waals surface area contributed by atoms with E-state index >= 15 is 0 Å². The van der Waals surface area contributed by atoms with Gasteiger partial charge in [0.25, 0.3) is 0 Å². The molecular formula is C28H38NO4PS. The van der Waals surface area contributed by atoms with Gasteiger partial charge in [-0.2, -0.15) is 0 Å². The van der Waals surface area contributed by atoms with Crippen LogP contribution >= 0.6 is 19.9 Å². The van der Waals surface area contributed by atoms with Gasteiger partial charge < -0.3 is 15.2 Å². The van der Waals surface area contributed by atoms with E-state index < -0.39 is 6.61 Å². The van der Waals surface area contributed by atoms with Crippen LogP contribution in [0.3, 0.4) is 0 Å². The molecule has 1 amide bonds. The van der Waals surface area contributed by atoms with E-state index in [1.54, 1.807) is 11.3 Å². The molecule has 5 nitrogen and oxygen atoms in total. The van der Waals surface area contributed by atoms with Gasteiger partial charge in [0, 0.05) is 17.8 Å². The number of carbonyl (C=O) groups excluding carboxylic acids is 2. The summed E-state index contributed by atoms with van der Waals surface area (Å²) in [5.41, 5.74) is 6.94. The van der Waals surface area contributed by atoms with Crippen molar-refractivity contribution in [1.82, 2.24) is 5.32 Å². The zero-order valence-corrected chi connectivity index (χ0v) is 23.4. The molecule has 1 aromatic heterocycles. The summed E-state index contributed by atoms with van der Waals surface area (Å²) in [6, 6.07) is 4.25. The third-order valence-electron chi connectivity index (χ3n) is 7.27. The van der Waals surface area contributed by atoms with Crippen LogP contribution in [-0.2, 0) is 17.6 Å². The molecule has 1 saturated heterocycles. The Morgan fingerprint density at radius 3 is 2.63 bits per heavy atom. The second-order valence-corrected chi connectivity index (χ2v) is 14.3. The first kappa shape index (κ1) is 26.3. The average Bonchev–Trinajstić information content (AvgIpc) is 3.39. The Morgan fingerprint density at radius 1 is 1.23 bits per heavy atom. The van der Waals surface area contributed by atoms with Crippen molar-refractivity contribution >= 4 is 31.6 Å². The van der Waals surface area contributed by atoms with Crippen LogP contribution in [0.25, 0.3) is 0 Å². The highest BCUT2D eigenvalue weighted by Crippen LogP contribution is 2.61. The van der Waals surface area contributed by atoms with Gasteiger partial charge >= 0.3 is 0 Å². The SMILES string of the molecule is Cc1cc(CCC(=O)c2sc(C)c3c2C[C@H]2PC(C)(C)C[C@@H]32)cc(C)c1OCCCNC(=O)CO. The predicted molar refractivity (Wildman–Crippen MR) is 145 cm³/mol. The Labute approximate surface area is 214 Å². The lowest BCUT2D eigenvalue weighted by atomic mass is 9.92.